The van der Waals surface area contributed by atoms with Crippen LogP contribution in [0.2, 0.25) is 10.0 Å². The van der Waals surface area contributed by atoms with Gasteiger partial charge in [-0.25, -0.2) is 5.01 Å². The second-order valence-corrected chi connectivity index (χ2v) is 9.09. The number of halogens is 2. The number of nitrogens with zero attached hydrogens (tertiary/aromatic N) is 2. The lowest BCUT2D eigenvalue weighted by Gasteiger charge is -2.44. The van der Waals surface area contributed by atoms with Crippen molar-refractivity contribution in [2.75, 3.05) is 6.54 Å². The third-order valence-electron chi connectivity index (χ3n) is 4.51. The van der Waals surface area contributed by atoms with Crippen LogP contribution in [0.5, 0.6) is 0 Å². The summed E-state index contributed by atoms with van der Waals surface area (Å²) in [4.78, 5) is 14.1. The maximum Gasteiger partial charge on any atom is 0.272 e. The van der Waals surface area contributed by atoms with E-state index >= 15 is 0 Å². The first kappa shape index (κ1) is 23.7. The van der Waals surface area contributed by atoms with Crippen LogP contribution in [0.3, 0.4) is 0 Å². The molecule has 0 N–H and O–H groups in total. The lowest BCUT2D eigenvalue weighted by atomic mass is 10.1. The van der Waals surface area contributed by atoms with E-state index in [0.29, 0.717) is 27.1 Å². The molecule has 2 aromatic rings. The van der Waals surface area contributed by atoms with Gasteiger partial charge in [0.25, 0.3) is 5.91 Å². The van der Waals surface area contributed by atoms with Crippen LogP contribution in [0, 0.1) is 0 Å². The number of hydrogen-bond acceptors (Lipinski definition) is 2. The number of amides is 1. The monoisotopic (exact) mass is 450 g/mol. The smallest absolute Gasteiger partial charge is 0.271 e. The second kappa shape index (κ2) is 9.92. The van der Waals surface area contributed by atoms with E-state index in [9.17, 15) is 4.79 Å². The molecule has 0 saturated carbocycles. The summed E-state index contributed by atoms with van der Waals surface area (Å²) in [7, 11) is 0. The van der Waals surface area contributed by atoms with Crippen LogP contribution >= 0.6 is 35.4 Å². The van der Waals surface area contributed by atoms with Crippen molar-refractivity contribution in [1.82, 2.24) is 10.0 Å². The second-order valence-electron chi connectivity index (χ2n) is 7.88. The summed E-state index contributed by atoms with van der Waals surface area (Å²) in [6.07, 6.45) is 2.13. The number of carbonyl (C=O) groups is 1. The Morgan fingerprint density at radius 3 is 2.03 bits per heavy atom. The minimum Gasteiger partial charge on any atom is -0.271 e. The lowest BCUT2D eigenvalue weighted by molar-refractivity contribution is -0.0133. The van der Waals surface area contributed by atoms with E-state index in [0.717, 1.165) is 18.4 Å². The topological polar surface area (TPSA) is 23.6 Å². The first-order valence-electron chi connectivity index (χ1n) is 9.80. The molecule has 0 fully saturated rings. The highest BCUT2D eigenvalue weighted by Gasteiger charge is 2.34. The highest BCUT2D eigenvalue weighted by molar-refractivity contribution is 7.80. The maximum absolute atomic E-state index is 13.5. The highest BCUT2D eigenvalue weighted by Crippen LogP contribution is 2.27. The van der Waals surface area contributed by atoms with Gasteiger partial charge in [-0.1, -0.05) is 73.0 Å². The molecule has 0 aliphatic carbocycles. The van der Waals surface area contributed by atoms with E-state index in [-0.39, 0.29) is 5.91 Å². The first-order valence-corrected chi connectivity index (χ1v) is 11.0. The third kappa shape index (κ3) is 5.71. The van der Waals surface area contributed by atoms with Crippen molar-refractivity contribution < 1.29 is 4.79 Å². The molecule has 0 spiro atoms. The van der Waals surface area contributed by atoms with Gasteiger partial charge in [-0.05, 0) is 57.9 Å². The van der Waals surface area contributed by atoms with Gasteiger partial charge in [0, 0.05) is 17.7 Å². The average molecular weight is 451 g/mol. The quantitative estimate of drug-likeness (QED) is 0.369. The molecule has 3 nitrogen and oxygen atoms in total. The molecule has 29 heavy (non-hydrogen) atoms. The Kier molecular flexibility index (Phi) is 8.10. The molecular formula is C23H28Cl2N2OS. The molecule has 2 aromatic carbocycles. The van der Waals surface area contributed by atoms with Crippen LogP contribution in [0.1, 0.15) is 62.5 Å². The first-order chi connectivity index (χ1) is 13.6. The van der Waals surface area contributed by atoms with Crippen molar-refractivity contribution in [2.24, 2.45) is 0 Å². The van der Waals surface area contributed by atoms with Crippen LogP contribution < -0.4 is 0 Å². The molecule has 2 rings (SSSR count). The summed E-state index contributed by atoms with van der Waals surface area (Å²) in [5.41, 5.74) is 2.17. The van der Waals surface area contributed by atoms with Crippen molar-refractivity contribution in [1.29, 1.82) is 0 Å². The Balaban J connectivity index is 2.41. The standard InChI is InChI=1S/C23H28Cl2N2OS/c1-6-8-16-9-11-17(12-10-16)22(29)26(7-2)27(23(3,4)5)21(28)18-13-14-19(24)20(25)15-18/h9-15H,6-8H2,1-5H3. The summed E-state index contributed by atoms with van der Waals surface area (Å²) in [5.74, 6) is -0.178. The molecule has 0 aliphatic heterocycles. The maximum atomic E-state index is 13.5. The fraction of sp³-hybridized carbons (Fsp3) is 0.391. The van der Waals surface area contributed by atoms with Crippen molar-refractivity contribution in [3.63, 3.8) is 0 Å². The SMILES string of the molecule is CCCc1ccc(C(=S)N(CC)N(C(=O)c2ccc(Cl)c(Cl)c2)C(C)(C)C)cc1. The van der Waals surface area contributed by atoms with Crippen LogP contribution in [0.25, 0.3) is 0 Å². The van der Waals surface area contributed by atoms with Gasteiger partial charge in [0.15, 0.2) is 0 Å². The number of thiocarbonyl (C=S) groups is 1. The molecule has 0 bridgehead atoms. The summed E-state index contributed by atoms with van der Waals surface area (Å²) in [5, 5.41) is 4.33. The Labute approximate surface area is 189 Å². The predicted octanol–water partition coefficient (Wildman–Crippen LogP) is 6.80. The fourth-order valence-corrected chi connectivity index (χ4v) is 3.80. The largest absolute Gasteiger partial charge is 0.272 e. The molecule has 0 unspecified atom stereocenters. The third-order valence-corrected chi connectivity index (χ3v) is 5.69. The van der Waals surface area contributed by atoms with Gasteiger partial charge in [-0.2, -0.15) is 0 Å². The van der Waals surface area contributed by atoms with E-state index in [1.54, 1.807) is 23.2 Å². The Hall–Kier alpha value is -1.62. The predicted molar refractivity (Wildman–Crippen MR) is 127 cm³/mol. The molecule has 6 heteroatoms. The van der Waals surface area contributed by atoms with Crippen LogP contribution in [-0.2, 0) is 6.42 Å². The highest BCUT2D eigenvalue weighted by atomic mass is 35.5. The molecule has 0 radical (unpaired) electrons. The normalized spacial score (nSPS) is 11.3. The van der Waals surface area contributed by atoms with Crippen LogP contribution in [0.4, 0.5) is 0 Å². The van der Waals surface area contributed by atoms with Crippen molar-refractivity contribution in [2.45, 2.75) is 53.0 Å². The number of carbonyl (C=O) groups excluding carboxylic acids is 1. The van der Waals surface area contributed by atoms with Gasteiger partial charge < -0.3 is 0 Å². The minimum atomic E-state index is -0.495. The average Bonchev–Trinajstić information content (AvgIpc) is 2.67. The van der Waals surface area contributed by atoms with Crippen LogP contribution in [-0.4, -0.2) is 33.0 Å². The lowest BCUT2D eigenvalue weighted by Crippen LogP contribution is -2.57. The zero-order valence-electron chi connectivity index (χ0n) is 17.6. The van der Waals surface area contributed by atoms with Gasteiger partial charge in [-0.15, -0.1) is 0 Å². The summed E-state index contributed by atoms with van der Waals surface area (Å²) < 4.78 is 0. The molecule has 0 aliphatic rings. The summed E-state index contributed by atoms with van der Waals surface area (Å²) in [6, 6.07) is 13.2. The van der Waals surface area contributed by atoms with Crippen molar-refractivity contribution >= 4 is 46.3 Å². The Morgan fingerprint density at radius 2 is 1.55 bits per heavy atom. The molecule has 0 atom stereocenters. The molecule has 0 saturated heterocycles. The summed E-state index contributed by atoms with van der Waals surface area (Å²) >= 11 is 18.0. The summed E-state index contributed by atoms with van der Waals surface area (Å²) in [6.45, 7) is 10.7. The van der Waals surface area contributed by atoms with Crippen molar-refractivity contribution in [3.8, 4) is 0 Å². The van der Waals surface area contributed by atoms with Gasteiger partial charge >= 0.3 is 0 Å². The van der Waals surface area contributed by atoms with Gasteiger partial charge in [-0.3, -0.25) is 9.80 Å². The van der Waals surface area contributed by atoms with E-state index in [2.05, 4.69) is 19.1 Å². The zero-order valence-corrected chi connectivity index (χ0v) is 20.0. The van der Waals surface area contributed by atoms with E-state index in [4.69, 9.17) is 35.4 Å². The molecule has 1 amide bonds. The Bertz CT molecular complexity index is 875. The minimum absolute atomic E-state index is 0.178. The van der Waals surface area contributed by atoms with Gasteiger partial charge in [0.1, 0.15) is 4.99 Å². The number of benzene rings is 2. The molecule has 0 aromatic heterocycles. The number of aryl methyl sites for hydroxylation is 1. The zero-order chi connectivity index (χ0) is 21.8. The van der Waals surface area contributed by atoms with E-state index in [1.165, 1.54) is 5.56 Å². The van der Waals surface area contributed by atoms with Gasteiger partial charge in [0.2, 0.25) is 0 Å². The molecule has 156 valence electrons. The van der Waals surface area contributed by atoms with Crippen molar-refractivity contribution in [3.05, 3.63) is 69.2 Å². The fourth-order valence-electron chi connectivity index (χ4n) is 3.16. The molecular weight excluding hydrogens is 423 g/mol. The Morgan fingerprint density at radius 1 is 0.966 bits per heavy atom. The van der Waals surface area contributed by atoms with Gasteiger partial charge in [0.05, 0.1) is 15.6 Å². The van der Waals surface area contributed by atoms with E-state index < -0.39 is 5.54 Å². The number of hydrazine groups is 1. The van der Waals surface area contributed by atoms with Crippen LogP contribution in [0.15, 0.2) is 42.5 Å². The number of rotatable bonds is 5. The molecule has 0 heterocycles. The van der Waals surface area contributed by atoms with E-state index in [1.807, 2.05) is 44.8 Å². The number of hydrogen-bond donors (Lipinski definition) is 0.